The molecule has 10 nitrogen and oxygen atoms in total. The van der Waals surface area contributed by atoms with Crippen LogP contribution in [0.2, 0.25) is 5.15 Å². The van der Waals surface area contributed by atoms with Crippen molar-refractivity contribution < 1.29 is 23.9 Å². The van der Waals surface area contributed by atoms with Crippen molar-refractivity contribution in [3.63, 3.8) is 0 Å². The average molecular weight is 574 g/mol. The minimum Gasteiger partial charge on any atom is -0.496 e. The normalized spacial score (nSPS) is 17.6. The van der Waals surface area contributed by atoms with Gasteiger partial charge in [0.05, 0.1) is 13.2 Å². The van der Waals surface area contributed by atoms with Gasteiger partial charge in [0.25, 0.3) is 5.91 Å². The van der Waals surface area contributed by atoms with Crippen molar-refractivity contribution in [2.24, 2.45) is 11.8 Å². The number of aromatic nitrogens is 2. The molecule has 3 heterocycles. The zero-order valence-electron chi connectivity index (χ0n) is 22.0. The second-order valence-corrected chi connectivity index (χ2v) is 11.5. The van der Waals surface area contributed by atoms with Crippen LogP contribution in [0.5, 0.6) is 5.75 Å². The molecule has 0 spiro atoms. The minimum absolute atomic E-state index is 0.0200. The second-order valence-electron chi connectivity index (χ2n) is 10.2. The molecule has 1 unspecified atom stereocenters. The molecule has 3 atom stereocenters. The second kappa shape index (κ2) is 12.3. The molecular formula is C27H32ClN5O5S. The Labute approximate surface area is 235 Å². The third-order valence-electron chi connectivity index (χ3n) is 6.80. The maximum absolute atomic E-state index is 13.4. The number of halogens is 1. The summed E-state index contributed by atoms with van der Waals surface area (Å²) in [6, 6.07) is 6.32. The summed E-state index contributed by atoms with van der Waals surface area (Å²) in [6.45, 7) is 4.42. The van der Waals surface area contributed by atoms with Gasteiger partial charge < -0.3 is 30.5 Å². The van der Waals surface area contributed by atoms with Crippen molar-refractivity contribution >= 4 is 57.7 Å². The Morgan fingerprint density at radius 1 is 1.36 bits per heavy atom. The Hall–Kier alpha value is -3.28. The van der Waals surface area contributed by atoms with Crippen LogP contribution in [0.25, 0.3) is 10.9 Å². The van der Waals surface area contributed by atoms with E-state index < -0.39 is 17.5 Å². The predicted molar refractivity (Wildman–Crippen MR) is 150 cm³/mol. The summed E-state index contributed by atoms with van der Waals surface area (Å²) in [4.78, 5) is 58.8. The number of H-pyrrole nitrogens is 1. The molecule has 1 saturated heterocycles. The van der Waals surface area contributed by atoms with Crippen molar-refractivity contribution in [3.8, 4) is 5.75 Å². The number of methoxy groups -OCH3 is 1. The smallest absolute Gasteiger partial charge is 0.268 e. The van der Waals surface area contributed by atoms with Crippen molar-refractivity contribution in [1.82, 2.24) is 25.9 Å². The van der Waals surface area contributed by atoms with Crippen LogP contribution in [-0.2, 0) is 9.59 Å². The Morgan fingerprint density at radius 3 is 2.77 bits per heavy atom. The highest BCUT2D eigenvalue weighted by Crippen LogP contribution is 2.27. The van der Waals surface area contributed by atoms with E-state index in [1.807, 2.05) is 26.0 Å². The van der Waals surface area contributed by atoms with Gasteiger partial charge in [-0.1, -0.05) is 31.5 Å². The lowest BCUT2D eigenvalue weighted by Gasteiger charge is -2.33. The van der Waals surface area contributed by atoms with E-state index in [1.54, 1.807) is 24.6 Å². The summed E-state index contributed by atoms with van der Waals surface area (Å²) in [5.74, 6) is -0.579. The van der Waals surface area contributed by atoms with Gasteiger partial charge in [0.1, 0.15) is 28.4 Å². The molecule has 1 aromatic carbocycles. The highest BCUT2D eigenvalue weighted by atomic mass is 35.5. The van der Waals surface area contributed by atoms with Gasteiger partial charge in [-0.25, -0.2) is 4.98 Å². The molecule has 0 saturated carbocycles. The predicted octanol–water partition coefficient (Wildman–Crippen LogP) is 3.37. The van der Waals surface area contributed by atoms with Crippen molar-refractivity contribution in [2.45, 2.75) is 44.7 Å². The van der Waals surface area contributed by atoms with Crippen molar-refractivity contribution in [2.75, 3.05) is 20.2 Å². The van der Waals surface area contributed by atoms with Crippen LogP contribution in [0.3, 0.4) is 0 Å². The average Bonchev–Trinajstić information content (AvgIpc) is 3.65. The number of hydrogen-bond donors (Lipinski definition) is 4. The first kappa shape index (κ1) is 28.7. The van der Waals surface area contributed by atoms with Crippen LogP contribution in [0.4, 0.5) is 0 Å². The number of aromatic amines is 1. The van der Waals surface area contributed by atoms with Gasteiger partial charge in [-0.3, -0.25) is 14.4 Å². The highest BCUT2D eigenvalue weighted by Gasteiger charge is 2.37. The first-order chi connectivity index (χ1) is 18.6. The van der Waals surface area contributed by atoms with Gasteiger partial charge in [-0.2, -0.15) is 0 Å². The first-order valence-corrected chi connectivity index (χ1v) is 14.0. The number of nitrogens with zero attached hydrogens (tertiary/aromatic N) is 1. The summed E-state index contributed by atoms with van der Waals surface area (Å²) in [7, 11) is 1.56. The lowest BCUT2D eigenvalue weighted by atomic mass is 9.88. The Kier molecular flexibility index (Phi) is 9.04. The zero-order valence-corrected chi connectivity index (χ0v) is 23.6. The first-order valence-electron chi connectivity index (χ1n) is 12.8. The molecule has 12 heteroatoms. The Morgan fingerprint density at radius 2 is 2.15 bits per heavy atom. The van der Waals surface area contributed by atoms with Gasteiger partial charge in [-0.15, -0.1) is 11.3 Å². The van der Waals surface area contributed by atoms with Gasteiger partial charge in [0, 0.05) is 35.3 Å². The number of aldehydes is 1. The van der Waals surface area contributed by atoms with Crippen molar-refractivity contribution in [3.05, 3.63) is 45.5 Å². The number of rotatable bonds is 13. The summed E-state index contributed by atoms with van der Waals surface area (Å²) >= 11 is 7.07. The van der Waals surface area contributed by atoms with Crippen LogP contribution >= 0.6 is 22.9 Å². The number of carbonyl (C=O) groups excluding carboxylic acids is 4. The minimum atomic E-state index is -1.32. The molecule has 0 aliphatic carbocycles. The molecule has 0 bridgehead atoms. The fraction of sp³-hybridized carbons (Fsp3) is 0.444. The van der Waals surface area contributed by atoms with E-state index >= 15 is 0 Å². The summed E-state index contributed by atoms with van der Waals surface area (Å²) in [5.41, 5.74) is -0.318. The number of carbonyl (C=O) groups is 4. The topological polar surface area (TPSA) is 142 Å². The lowest BCUT2D eigenvalue weighted by Crippen LogP contribution is -2.59. The van der Waals surface area contributed by atoms with E-state index in [0.29, 0.717) is 31.4 Å². The zero-order chi connectivity index (χ0) is 28.2. The Balaban J connectivity index is 1.58. The van der Waals surface area contributed by atoms with Crippen molar-refractivity contribution in [1.29, 1.82) is 0 Å². The fourth-order valence-corrected chi connectivity index (χ4v) is 5.93. The van der Waals surface area contributed by atoms with Gasteiger partial charge in [0.15, 0.2) is 5.01 Å². The molecular weight excluding hydrogens is 542 g/mol. The molecule has 39 heavy (non-hydrogen) atoms. The molecule has 1 aliphatic rings. The summed E-state index contributed by atoms with van der Waals surface area (Å²) in [6.07, 6.45) is 1.88. The maximum atomic E-state index is 13.4. The molecule has 4 rings (SSSR count). The van der Waals surface area contributed by atoms with Crippen LogP contribution in [-0.4, -0.2) is 65.6 Å². The molecule has 1 fully saturated rings. The van der Waals surface area contributed by atoms with Crippen LogP contribution < -0.4 is 20.7 Å². The number of thiazole rings is 1. The van der Waals surface area contributed by atoms with E-state index in [1.165, 1.54) is 0 Å². The molecule has 0 radical (unpaired) electrons. The number of Topliss-reactive ketones (excluding diaryl/α,β-unsaturated/α-hetero) is 1. The molecule has 4 N–H and O–H groups in total. The number of nitrogens with one attached hydrogen (secondary N) is 4. The number of ether oxygens (including phenoxy) is 1. The number of amides is 2. The summed E-state index contributed by atoms with van der Waals surface area (Å²) < 4.78 is 5.39. The standard InChI is InChI=1S/C27H32ClN5O5S/c1-15(2)11-27(14-34,33-25(37)20-10-17-18(31-20)5-4-6-21(17)38-3)13-30-19(9-16-7-8-29-24(16)36)23(35)26-32-22(28)12-39-26/h4-6,10,12,14-16,19,30-31H,7-9,11,13H2,1-3H3,(H,29,36)(H,33,37)/t16-,19?,27+/m0/s1. The van der Waals surface area contributed by atoms with Gasteiger partial charge in [-0.05, 0) is 43.4 Å². The van der Waals surface area contributed by atoms with Crippen LogP contribution in [0.1, 0.15) is 53.4 Å². The molecule has 1 aliphatic heterocycles. The lowest BCUT2D eigenvalue weighted by molar-refractivity contribution is -0.122. The van der Waals surface area contributed by atoms with Gasteiger partial charge >= 0.3 is 0 Å². The molecule has 2 aromatic heterocycles. The molecule has 208 valence electrons. The number of ketones is 1. The van der Waals surface area contributed by atoms with E-state index in [2.05, 4.69) is 25.9 Å². The van der Waals surface area contributed by atoms with E-state index in [-0.39, 0.29) is 52.3 Å². The number of fused-ring (bicyclic) bond motifs is 1. The maximum Gasteiger partial charge on any atom is 0.268 e. The molecule has 2 amide bonds. The Bertz CT molecular complexity index is 1370. The summed E-state index contributed by atoms with van der Waals surface area (Å²) in [5, 5.41) is 11.6. The SMILES string of the molecule is COc1cccc2[nH]c(C(=O)N[C@@](C=O)(CNC(C[C@@H]3CCNC3=O)C(=O)c3nc(Cl)cs3)CC(C)C)cc12. The molecule has 3 aromatic rings. The van der Waals surface area contributed by atoms with Crippen LogP contribution in [0.15, 0.2) is 29.6 Å². The third-order valence-corrected chi connectivity index (χ3v) is 7.98. The fourth-order valence-electron chi connectivity index (χ4n) is 5.00. The van der Waals surface area contributed by atoms with E-state index in [4.69, 9.17) is 16.3 Å². The van der Waals surface area contributed by atoms with Gasteiger partial charge in [0.2, 0.25) is 11.7 Å². The highest BCUT2D eigenvalue weighted by molar-refractivity contribution is 7.12. The number of benzene rings is 1. The monoisotopic (exact) mass is 573 g/mol. The third kappa shape index (κ3) is 6.66. The van der Waals surface area contributed by atoms with E-state index in [9.17, 15) is 19.2 Å². The van der Waals surface area contributed by atoms with Crippen LogP contribution in [0, 0.1) is 11.8 Å². The quantitative estimate of drug-likeness (QED) is 0.181. The largest absolute Gasteiger partial charge is 0.496 e. The van der Waals surface area contributed by atoms with E-state index in [0.717, 1.165) is 22.2 Å². The number of hydrogen-bond acceptors (Lipinski definition) is 8.